The molecule has 1 heterocycles. The van der Waals surface area contributed by atoms with E-state index in [1.165, 1.54) is 0 Å². The number of hydrogen-bond donors (Lipinski definition) is 1. The molecule has 1 aliphatic heterocycles. The number of amides is 1. The van der Waals surface area contributed by atoms with E-state index in [9.17, 15) is 4.79 Å². The average Bonchev–Trinajstić information content (AvgIpc) is 2.76. The van der Waals surface area contributed by atoms with Gasteiger partial charge in [0.2, 0.25) is 5.91 Å². The third kappa shape index (κ3) is 4.22. The smallest absolute Gasteiger partial charge is 0.242 e. The number of nitrogens with zero attached hydrogens (tertiary/aromatic N) is 2. The van der Waals surface area contributed by atoms with Crippen LogP contribution in [-0.4, -0.2) is 53.5 Å². The molecule has 1 saturated heterocycles. The predicted octanol–water partition coefficient (Wildman–Crippen LogP) is 1.65. The van der Waals surface area contributed by atoms with Gasteiger partial charge in [-0.2, -0.15) is 0 Å². The molecule has 2 fully saturated rings. The fraction of sp³-hybridized carbons (Fsp3) is 0.923. The van der Waals surface area contributed by atoms with Crippen molar-refractivity contribution < 1.29 is 4.79 Å². The van der Waals surface area contributed by atoms with Gasteiger partial charge in [-0.15, -0.1) is 24.8 Å². The first kappa shape index (κ1) is 19.0. The average molecular weight is 312 g/mol. The van der Waals surface area contributed by atoms with E-state index in [0.717, 1.165) is 51.9 Å². The lowest BCUT2D eigenvalue weighted by Crippen LogP contribution is -2.59. The molecule has 0 aromatic rings. The third-order valence-corrected chi connectivity index (χ3v) is 4.25. The molecule has 0 aromatic carbocycles. The van der Waals surface area contributed by atoms with Gasteiger partial charge >= 0.3 is 0 Å². The van der Waals surface area contributed by atoms with Gasteiger partial charge in [0.25, 0.3) is 0 Å². The van der Waals surface area contributed by atoms with E-state index >= 15 is 0 Å². The molecule has 6 heteroatoms. The van der Waals surface area contributed by atoms with E-state index in [-0.39, 0.29) is 30.7 Å². The van der Waals surface area contributed by atoms with E-state index < -0.39 is 5.54 Å². The molecule has 1 saturated carbocycles. The lowest BCUT2D eigenvalue weighted by molar-refractivity contribution is -0.138. The Morgan fingerprint density at radius 2 is 1.53 bits per heavy atom. The van der Waals surface area contributed by atoms with Crippen LogP contribution in [0.25, 0.3) is 0 Å². The van der Waals surface area contributed by atoms with Gasteiger partial charge in [0.05, 0.1) is 5.54 Å². The Labute approximate surface area is 128 Å². The summed E-state index contributed by atoms with van der Waals surface area (Å²) < 4.78 is 0. The van der Waals surface area contributed by atoms with Crippen LogP contribution in [0.4, 0.5) is 0 Å². The Morgan fingerprint density at radius 1 is 1.05 bits per heavy atom. The Bertz CT molecular complexity index is 286. The van der Waals surface area contributed by atoms with Gasteiger partial charge in [-0.05, 0) is 26.7 Å². The summed E-state index contributed by atoms with van der Waals surface area (Å²) in [5.41, 5.74) is 5.68. The van der Waals surface area contributed by atoms with Crippen molar-refractivity contribution in [2.45, 2.75) is 51.1 Å². The van der Waals surface area contributed by atoms with Crippen LogP contribution in [0.15, 0.2) is 0 Å². The molecular weight excluding hydrogens is 285 g/mol. The Balaban J connectivity index is 0.00000162. The quantitative estimate of drug-likeness (QED) is 0.843. The van der Waals surface area contributed by atoms with Crippen molar-refractivity contribution in [1.82, 2.24) is 9.80 Å². The second kappa shape index (κ2) is 7.67. The normalized spacial score (nSPS) is 22.8. The molecule has 1 aliphatic carbocycles. The molecule has 1 amide bonds. The largest absolute Gasteiger partial charge is 0.339 e. The maximum Gasteiger partial charge on any atom is 0.242 e. The zero-order valence-electron chi connectivity index (χ0n) is 11.9. The van der Waals surface area contributed by atoms with Crippen LogP contribution in [-0.2, 0) is 4.79 Å². The van der Waals surface area contributed by atoms with E-state index in [0.29, 0.717) is 6.04 Å². The summed E-state index contributed by atoms with van der Waals surface area (Å²) in [6.07, 6.45) is 3.95. The lowest BCUT2D eigenvalue weighted by Gasteiger charge is -2.39. The number of nitrogens with two attached hydrogens (primary N) is 1. The van der Waals surface area contributed by atoms with Gasteiger partial charge in [0, 0.05) is 32.2 Å². The van der Waals surface area contributed by atoms with Crippen LogP contribution < -0.4 is 5.73 Å². The fourth-order valence-corrected chi connectivity index (χ4v) is 2.98. The molecule has 2 N–H and O–H groups in total. The summed E-state index contributed by atoms with van der Waals surface area (Å²) in [6.45, 7) is 8.07. The number of carbonyl (C=O) groups excluding carboxylic acids is 1. The summed E-state index contributed by atoms with van der Waals surface area (Å²) in [7, 11) is 0. The number of halogens is 2. The second-order valence-electron chi connectivity index (χ2n) is 5.79. The van der Waals surface area contributed by atoms with Gasteiger partial charge in [0.1, 0.15) is 0 Å². The van der Waals surface area contributed by atoms with Gasteiger partial charge in [-0.25, -0.2) is 0 Å². The summed E-state index contributed by atoms with van der Waals surface area (Å²) in [6, 6.07) is 0.575. The number of carbonyl (C=O) groups is 1. The minimum Gasteiger partial charge on any atom is -0.339 e. The van der Waals surface area contributed by atoms with Crippen LogP contribution in [0.3, 0.4) is 0 Å². The highest BCUT2D eigenvalue weighted by molar-refractivity contribution is 5.86. The molecule has 0 radical (unpaired) electrons. The number of hydrogen-bond acceptors (Lipinski definition) is 3. The van der Waals surface area contributed by atoms with Crippen molar-refractivity contribution in [1.29, 1.82) is 0 Å². The number of piperazine rings is 1. The van der Waals surface area contributed by atoms with E-state index in [1.807, 2.05) is 4.90 Å². The third-order valence-electron chi connectivity index (χ3n) is 4.25. The Kier molecular flexibility index (Phi) is 7.66. The first-order valence-electron chi connectivity index (χ1n) is 6.85. The van der Waals surface area contributed by atoms with Gasteiger partial charge in [-0.1, -0.05) is 12.8 Å². The maximum absolute atomic E-state index is 12.4. The van der Waals surface area contributed by atoms with Gasteiger partial charge < -0.3 is 10.6 Å². The van der Waals surface area contributed by atoms with E-state index in [2.05, 4.69) is 18.7 Å². The molecule has 0 unspecified atom stereocenters. The zero-order valence-corrected chi connectivity index (χ0v) is 13.6. The first-order valence-corrected chi connectivity index (χ1v) is 6.85. The molecule has 19 heavy (non-hydrogen) atoms. The molecule has 4 nitrogen and oxygen atoms in total. The molecule has 0 bridgehead atoms. The molecule has 0 aromatic heterocycles. The molecule has 2 aliphatic rings. The number of rotatable bonds is 2. The molecule has 2 rings (SSSR count). The molecule has 114 valence electrons. The van der Waals surface area contributed by atoms with E-state index in [4.69, 9.17) is 5.73 Å². The minimum absolute atomic E-state index is 0. The monoisotopic (exact) mass is 311 g/mol. The summed E-state index contributed by atoms with van der Waals surface area (Å²) in [5, 5.41) is 0. The summed E-state index contributed by atoms with van der Waals surface area (Å²) in [4.78, 5) is 16.8. The SMILES string of the molecule is CC(C)N1CCN(C(=O)C2(N)CCCC2)CC1.Cl.Cl. The van der Waals surface area contributed by atoms with Crippen molar-refractivity contribution in [3.05, 3.63) is 0 Å². The summed E-state index contributed by atoms with van der Waals surface area (Å²) in [5.74, 6) is 0.193. The summed E-state index contributed by atoms with van der Waals surface area (Å²) >= 11 is 0. The van der Waals surface area contributed by atoms with Crippen molar-refractivity contribution in [3.8, 4) is 0 Å². The topological polar surface area (TPSA) is 49.6 Å². The molecular formula is C13H27Cl2N3O. The van der Waals surface area contributed by atoms with Gasteiger partial charge in [-0.3, -0.25) is 9.69 Å². The molecule has 0 spiro atoms. The highest BCUT2D eigenvalue weighted by atomic mass is 35.5. The fourth-order valence-electron chi connectivity index (χ4n) is 2.98. The first-order chi connectivity index (χ1) is 8.03. The lowest BCUT2D eigenvalue weighted by atomic mass is 9.97. The Morgan fingerprint density at radius 3 is 1.95 bits per heavy atom. The van der Waals surface area contributed by atoms with Crippen LogP contribution in [0, 0.1) is 0 Å². The molecule has 0 atom stereocenters. The van der Waals surface area contributed by atoms with Crippen LogP contribution in [0.2, 0.25) is 0 Å². The van der Waals surface area contributed by atoms with Gasteiger partial charge in [0.15, 0.2) is 0 Å². The highest BCUT2D eigenvalue weighted by Crippen LogP contribution is 2.29. The van der Waals surface area contributed by atoms with E-state index in [1.54, 1.807) is 0 Å². The second-order valence-corrected chi connectivity index (χ2v) is 5.79. The van der Waals surface area contributed by atoms with Crippen LogP contribution in [0.5, 0.6) is 0 Å². The minimum atomic E-state index is -0.542. The maximum atomic E-state index is 12.4. The predicted molar refractivity (Wildman–Crippen MR) is 83.2 cm³/mol. The van der Waals surface area contributed by atoms with Crippen molar-refractivity contribution in [3.63, 3.8) is 0 Å². The Hall–Kier alpha value is -0.0300. The van der Waals surface area contributed by atoms with Crippen molar-refractivity contribution >= 4 is 30.7 Å². The van der Waals surface area contributed by atoms with Crippen molar-refractivity contribution in [2.75, 3.05) is 26.2 Å². The van der Waals surface area contributed by atoms with Crippen LogP contribution in [0.1, 0.15) is 39.5 Å². The van der Waals surface area contributed by atoms with Crippen molar-refractivity contribution in [2.24, 2.45) is 5.73 Å². The van der Waals surface area contributed by atoms with Crippen LogP contribution >= 0.6 is 24.8 Å². The highest BCUT2D eigenvalue weighted by Gasteiger charge is 2.40. The standard InChI is InChI=1S/C13H25N3O.2ClH/c1-11(2)15-7-9-16(10-8-15)12(17)13(14)5-3-4-6-13;;/h11H,3-10,14H2,1-2H3;2*1H. The zero-order chi connectivity index (χ0) is 12.5.